The maximum absolute atomic E-state index is 14.7. The third-order valence-electron chi connectivity index (χ3n) is 4.30. The van der Waals surface area contributed by atoms with Crippen LogP contribution in [0.3, 0.4) is 0 Å². The molecule has 0 amide bonds. The zero-order valence-corrected chi connectivity index (χ0v) is 13.8. The lowest BCUT2D eigenvalue weighted by Crippen LogP contribution is -2.26. The van der Waals surface area contributed by atoms with Crippen LogP contribution in [0.2, 0.25) is 0 Å². The number of ether oxygens (including phenoxy) is 1. The van der Waals surface area contributed by atoms with Crippen molar-refractivity contribution in [3.63, 3.8) is 0 Å². The van der Waals surface area contributed by atoms with E-state index < -0.39 is 34.5 Å². The fourth-order valence-electron chi connectivity index (χ4n) is 2.75. The monoisotopic (exact) mass is 352 g/mol. The summed E-state index contributed by atoms with van der Waals surface area (Å²) >= 11 is 0. The Balaban J connectivity index is 2.40. The van der Waals surface area contributed by atoms with Crippen molar-refractivity contribution in [2.75, 3.05) is 6.61 Å². The van der Waals surface area contributed by atoms with Crippen LogP contribution in [0.1, 0.15) is 19.3 Å². The standard InChI is InChI=1S/C20H20F4O/c1-4-15-10-9-14(11-25-15)16-7-5-6-8-17(21)18(22)12(2)13(3)19(23)20(16)24/h4,6-8,14-15H,1-3,5,9-11H2/b8-6-,16-7-,18-17-,20-19-. The Morgan fingerprint density at radius 3 is 2.28 bits per heavy atom. The van der Waals surface area contributed by atoms with E-state index in [1.165, 1.54) is 12.2 Å². The van der Waals surface area contributed by atoms with Crippen LogP contribution < -0.4 is 0 Å². The molecule has 25 heavy (non-hydrogen) atoms. The summed E-state index contributed by atoms with van der Waals surface area (Å²) < 4.78 is 62.3. The van der Waals surface area contributed by atoms with Gasteiger partial charge in [0.1, 0.15) is 0 Å². The molecule has 0 aromatic carbocycles. The fourth-order valence-corrected chi connectivity index (χ4v) is 2.75. The molecule has 1 heterocycles. The summed E-state index contributed by atoms with van der Waals surface area (Å²) in [5.74, 6) is -5.40. The molecule has 2 aliphatic rings. The average Bonchev–Trinajstić information content (AvgIpc) is 2.65. The predicted octanol–water partition coefficient (Wildman–Crippen LogP) is 6.27. The van der Waals surface area contributed by atoms with E-state index in [2.05, 4.69) is 19.7 Å². The van der Waals surface area contributed by atoms with Gasteiger partial charge in [0.05, 0.1) is 12.7 Å². The van der Waals surface area contributed by atoms with E-state index in [0.717, 1.165) is 6.08 Å². The van der Waals surface area contributed by atoms with Crippen molar-refractivity contribution in [2.24, 2.45) is 5.92 Å². The molecule has 134 valence electrons. The number of hydrogen-bond acceptors (Lipinski definition) is 1. The van der Waals surface area contributed by atoms with Gasteiger partial charge in [-0.25, -0.2) is 17.6 Å². The first-order valence-corrected chi connectivity index (χ1v) is 7.97. The minimum atomic E-state index is -1.36. The third kappa shape index (κ3) is 4.28. The van der Waals surface area contributed by atoms with E-state index in [4.69, 9.17) is 4.74 Å². The normalized spacial score (nSPS) is 35.6. The van der Waals surface area contributed by atoms with Gasteiger partial charge in [-0.1, -0.05) is 31.4 Å². The second kappa shape index (κ2) is 8.30. The van der Waals surface area contributed by atoms with Gasteiger partial charge in [0.25, 0.3) is 0 Å². The van der Waals surface area contributed by atoms with Gasteiger partial charge in [-0.15, -0.1) is 6.58 Å². The van der Waals surface area contributed by atoms with E-state index in [0.29, 0.717) is 12.8 Å². The molecular formula is C20H20F4O. The molecule has 1 nitrogen and oxygen atoms in total. The molecule has 1 saturated heterocycles. The van der Waals surface area contributed by atoms with Gasteiger partial charge in [0.15, 0.2) is 23.3 Å². The molecule has 0 aromatic rings. The molecule has 2 rings (SSSR count). The van der Waals surface area contributed by atoms with Crippen LogP contribution in [-0.4, -0.2) is 12.7 Å². The molecule has 2 unspecified atom stereocenters. The lowest BCUT2D eigenvalue weighted by atomic mass is 9.88. The van der Waals surface area contributed by atoms with Gasteiger partial charge >= 0.3 is 0 Å². The first-order chi connectivity index (χ1) is 11.9. The summed E-state index contributed by atoms with van der Waals surface area (Å²) in [7, 11) is 0. The lowest BCUT2D eigenvalue weighted by molar-refractivity contribution is 0.0213. The molecule has 2 atom stereocenters. The molecule has 0 radical (unpaired) electrons. The maximum Gasteiger partial charge on any atom is 0.166 e. The van der Waals surface area contributed by atoms with Crippen LogP contribution >= 0.6 is 0 Å². The smallest absolute Gasteiger partial charge is 0.166 e. The summed E-state index contributed by atoms with van der Waals surface area (Å²) in [4.78, 5) is 0. The Bertz CT molecular complexity index is 701. The molecule has 1 fully saturated rings. The molecule has 0 bridgehead atoms. The Kier molecular flexibility index (Phi) is 6.37. The topological polar surface area (TPSA) is 9.23 Å². The predicted molar refractivity (Wildman–Crippen MR) is 91.3 cm³/mol. The largest absolute Gasteiger partial charge is 0.374 e. The van der Waals surface area contributed by atoms with E-state index in [-0.39, 0.29) is 30.6 Å². The third-order valence-corrected chi connectivity index (χ3v) is 4.30. The van der Waals surface area contributed by atoms with Gasteiger partial charge in [0.2, 0.25) is 0 Å². The molecule has 5 heteroatoms. The molecule has 0 saturated carbocycles. The highest BCUT2D eigenvalue weighted by Gasteiger charge is 2.28. The Labute approximate surface area is 145 Å². The van der Waals surface area contributed by atoms with Gasteiger partial charge in [0, 0.05) is 17.1 Å². The van der Waals surface area contributed by atoms with E-state index in [1.807, 2.05) is 0 Å². The van der Waals surface area contributed by atoms with Crippen LogP contribution in [0.25, 0.3) is 0 Å². The highest BCUT2D eigenvalue weighted by Crippen LogP contribution is 2.37. The Morgan fingerprint density at radius 1 is 1.00 bits per heavy atom. The van der Waals surface area contributed by atoms with E-state index >= 15 is 0 Å². The van der Waals surface area contributed by atoms with Crippen LogP contribution in [0.5, 0.6) is 0 Å². The molecule has 1 aliphatic heterocycles. The number of allylic oxidation sites excluding steroid dienone is 9. The van der Waals surface area contributed by atoms with Gasteiger partial charge in [-0.2, -0.15) is 0 Å². The van der Waals surface area contributed by atoms with Crippen LogP contribution in [0.4, 0.5) is 17.6 Å². The van der Waals surface area contributed by atoms with Crippen molar-refractivity contribution in [1.29, 1.82) is 0 Å². The van der Waals surface area contributed by atoms with Crippen molar-refractivity contribution >= 4 is 0 Å². The molecule has 0 N–H and O–H groups in total. The molecule has 0 spiro atoms. The first kappa shape index (κ1) is 19.2. The summed E-state index contributed by atoms with van der Waals surface area (Å²) in [6, 6.07) is 0. The molecule has 0 aromatic heterocycles. The molecule has 1 aliphatic carbocycles. The van der Waals surface area contributed by atoms with Crippen molar-refractivity contribution in [1.82, 2.24) is 0 Å². The Hall–Kier alpha value is -2.14. The first-order valence-electron chi connectivity index (χ1n) is 7.97. The summed E-state index contributed by atoms with van der Waals surface area (Å²) in [6.45, 7) is 10.4. The average molecular weight is 352 g/mol. The van der Waals surface area contributed by atoms with E-state index in [1.54, 1.807) is 6.08 Å². The number of halogens is 4. The van der Waals surface area contributed by atoms with Gasteiger partial charge in [-0.3, -0.25) is 0 Å². The molecular weight excluding hydrogens is 332 g/mol. The van der Waals surface area contributed by atoms with Crippen LogP contribution in [0, 0.1) is 5.92 Å². The van der Waals surface area contributed by atoms with Crippen molar-refractivity contribution in [3.05, 3.63) is 84.1 Å². The van der Waals surface area contributed by atoms with Crippen molar-refractivity contribution in [2.45, 2.75) is 25.4 Å². The van der Waals surface area contributed by atoms with Gasteiger partial charge in [-0.05, 0) is 30.9 Å². The Morgan fingerprint density at radius 2 is 1.68 bits per heavy atom. The minimum Gasteiger partial charge on any atom is -0.374 e. The second-order valence-corrected chi connectivity index (χ2v) is 5.93. The SMILES string of the molecule is C=CC1CCC(C2=C/C/C=C\C(F)=C(\F)C(=C)C(=C)/C(F)=C\2F)CO1. The van der Waals surface area contributed by atoms with Crippen molar-refractivity contribution < 1.29 is 22.3 Å². The second-order valence-electron chi connectivity index (χ2n) is 5.93. The van der Waals surface area contributed by atoms with Gasteiger partial charge < -0.3 is 4.74 Å². The number of rotatable bonds is 2. The zero-order chi connectivity index (χ0) is 18.6. The van der Waals surface area contributed by atoms with E-state index in [9.17, 15) is 17.6 Å². The fraction of sp³-hybridized carbons (Fsp3) is 0.300. The highest BCUT2D eigenvalue weighted by atomic mass is 19.2. The van der Waals surface area contributed by atoms with Crippen LogP contribution in [0.15, 0.2) is 84.1 Å². The summed E-state index contributed by atoms with van der Waals surface area (Å²) in [5, 5.41) is 0. The van der Waals surface area contributed by atoms with Crippen molar-refractivity contribution in [3.8, 4) is 0 Å². The quantitative estimate of drug-likeness (QED) is 0.420. The number of hydrogen-bond donors (Lipinski definition) is 0. The summed E-state index contributed by atoms with van der Waals surface area (Å²) in [5.41, 5.74) is -1.13. The zero-order valence-electron chi connectivity index (χ0n) is 13.8. The maximum atomic E-state index is 14.7. The minimum absolute atomic E-state index is 0.112. The highest BCUT2D eigenvalue weighted by molar-refractivity contribution is 5.53. The summed E-state index contributed by atoms with van der Waals surface area (Å²) in [6.07, 6.45) is 6.60. The van der Waals surface area contributed by atoms with Crippen LogP contribution in [-0.2, 0) is 4.74 Å². The lowest BCUT2D eigenvalue weighted by Gasteiger charge is -2.28.